The number of carbonyl (C=O) groups excluding carboxylic acids is 3. The van der Waals surface area contributed by atoms with E-state index in [1.807, 2.05) is 30.3 Å². The van der Waals surface area contributed by atoms with E-state index in [-0.39, 0.29) is 11.3 Å². The zero-order chi connectivity index (χ0) is 27.6. The SMILES string of the molecule is O=C(N/N=C\c1ccccc1OCc1ccc(Br)cc1)C(=O)Nc1ccccc1C(=O)Nc1ccc(Br)cc1. The van der Waals surface area contributed by atoms with Crippen molar-refractivity contribution in [1.82, 2.24) is 5.43 Å². The number of rotatable bonds is 8. The van der Waals surface area contributed by atoms with Gasteiger partial charge in [0.25, 0.3) is 5.91 Å². The van der Waals surface area contributed by atoms with Gasteiger partial charge in [-0.3, -0.25) is 14.4 Å². The van der Waals surface area contributed by atoms with E-state index in [2.05, 4.69) is 53.0 Å². The Morgan fingerprint density at radius 2 is 1.38 bits per heavy atom. The topological polar surface area (TPSA) is 109 Å². The second kappa shape index (κ2) is 13.5. The van der Waals surface area contributed by atoms with Crippen LogP contribution in [0.5, 0.6) is 5.75 Å². The molecule has 0 atom stereocenters. The number of hydrogen-bond donors (Lipinski definition) is 3. The lowest BCUT2D eigenvalue weighted by atomic mass is 10.1. The summed E-state index contributed by atoms with van der Waals surface area (Å²) in [7, 11) is 0. The first-order chi connectivity index (χ1) is 18.9. The first-order valence-electron chi connectivity index (χ1n) is 11.7. The molecule has 3 amide bonds. The van der Waals surface area contributed by atoms with Gasteiger partial charge >= 0.3 is 11.8 Å². The molecule has 0 saturated heterocycles. The minimum Gasteiger partial charge on any atom is -0.488 e. The van der Waals surface area contributed by atoms with Crippen LogP contribution in [-0.2, 0) is 16.2 Å². The Bertz CT molecular complexity index is 1510. The number of benzene rings is 4. The van der Waals surface area contributed by atoms with Gasteiger partial charge in [-0.1, -0.05) is 68.3 Å². The van der Waals surface area contributed by atoms with E-state index in [0.29, 0.717) is 23.6 Å². The van der Waals surface area contributed by atoms with Gasteiger partial charge in [0.05, 0.1) is 17.5 Å². The summed E-state index contributed by atoms with van der Waals surface area (Å²) in [5.41, 5.74) is 4.77. The Balaban J connectivity index is 1.35. The lowest BCUT2D eigenvalue weighted by molar-refractivity contribution is -0.136. The zero-order valence-electron chi connectivity index (χ0n) is 20.4. The quantitative estimate of drug-likeness (QED) is 0.121. The van der Waals surface area contributed by atoms with Gasteiger partial charge in [-0.05, 0) is 66.2 Å². The highest BCUT2D eigenvalue weighted by Gasteiger charge is 2.18. The number of anilines is 2. The minimum absolute atomic E-state index is 0.183. The Labute approximate surface area is 241 Å². The summed E-state index contributed by atoms with van der Waals surface area (Å²) in [6, 6.07) is 28.4. The molecule has 0 saturated carbocycles. The van der Waals surface area contributed by atoms with Gasteiger partial charge in [0, 0.05) is 20.2 Å². The summed E-state index contributed by atoms with van der Waals surface area (Å²) < 4.78 is 7.74. The molecular weight excluding hydrogens is 628 g/mol. The van der Waals surface area contributed by atoms with Crippen LogP contribution in [0.15, 0.2) is 111 Å². The van der Waals surface area contributed by atoms with Gasteiger partial charge in [0.15, 0.2) is 0 Å². The van der Waals surface area contributed by atoms with Crippen LogP contribution in [0.25, 0.3) is 0 Å². The highest BCUT2D eigenvalue weighted by molar-refractivity contribution is 9.10. The molecule has 0 aliphatic carbocycles. The van der Waals surface area contributed by atoms with E-state index in [1.165, 1.54) is 12.3 Å². The van der Waals surface area contributed by atoms with Gasteiger partial charge in [-0.25, -0.2) is 5.43 Å². The summed E-state index contributed by atoms with van der Waals surface area (Å²) in [5, 5.41) is 9.12. The molecule has 39 heavy (non-hydrogen) atoms. The number of hydrogen-bond acceptors (Lipinski definition) is 5. The molecule has 0 spiro atoms. The molecule has 0 aromatic heterocycles. The van der Waals surface area contributed by atoms with Crippen molar-refractivity contribution in [3.05, 3.63) is 123 Å². The Kier molecular flexibility index (Phi) is 9.60. The summed E-state index contributed by atoms with van der Waals surface area (Å²) >= 11 is 6.75. The monoisotopic (exact) mass is 648 g/mol. The van der Waals surface area contributed by atoms with Crippen LogP contribution in [0, 0.1) is 0 Å². The molecule has 0 radical (unpaired) electrons. The van der Waals surface area contributed by atoms with Crippen molar-refractivity contribution < 1.29 is 19.1 Å². The largest absolute Gasteiger partial charge is 0.488 e. The molecule has 8 nitrogen and oxygen atoms in total. The predicted octanol–water partition coefficient (Wildman–Crippen LogP) is 6.13. The van der Waals surface area contributed by atoms with Gasteiger partial charge in [0.2, 0.25) is 0 Å². The molecule has 10 heteroatoms. The summed E-state index contributed by atoms with van der Waals surface area (Å²) in [5.74, 6) is -1.85. The lowest BCUT2D eigenvalue weighted by Crippen LogP contribution is -2.33. The van der Waals surface area contributed by atoms with E-state index >= 15 is 0 Å². The third-order valence-corrected chi connectivity index (χ3v) is 6.38. The highest BCUT2D eigenvalue weighted by atomic mass is 79.9. The lowest BCUT2D eigenvalue weighted by Gasteiger charge is -2.11. The molecular formula is C29H22Br2N4O4. The maximum atomic E-state index is 12.8. The fourth-order valence-corrected chi connectivity index (χ4v) is 3.90. The molecule has 0 fully saturated rings. The number of para-hydroxylation sites is 2. The number of nitrogens with zero attached hydrogens (tertiary/aromatic N) is 1. The summed E-state index contributed by atoms with van der Waals surface area (Å²) in [4.78, 5) is 37.7. The Morgan fingerprint density at radius 3 is 2.13 bits per heavy atom. The average molecular weight is 650 g/mol. The van der Waals surface area contributed by atoms with Crippen LogP contribution >= 0.6 is 31.9 Å². The molecule has 0 aliphatic heterocycles. The minimum atomic E-state index is -0.998. The van der Waals surface area contributed by atoms with Crippen LogP contribution in [-0.4, -0.2) is 23.9 Å². The smallest absolute Gasteiger partial charge is 0.329 e. The first-order valence-corrected chi connectivity index (χ1v) is 13.2. The normalized spacial score (nSPS) is 10.6. The number of nitrogens with one attached hydrogen (secondary N) is 3. The fraction of sp³-hybridized carbons (Fsp3) is 0.0345. The number of ether oxygens (including phenoxy) is 1. The molecule has 0 heterocycles. The van der Waals surface area contributed by atoms with E-state index in [0.717, 1.165) is 14.5 Å². The van der Waals surface area contributed by atoms with Crippen molar-refractivity contribution in [3.63, 3.8) is 0 Å². The standard InChI is InChI=1S/C29H22Br2N4O4/c30-21-11-9-19(10-12-21)18-39-26-8-4-1-5-20(26)17-32-35-29(38)28(37)34-25-7-3-2-6-24(25)27(36)33-23-15-13-22(31)14-16-23/h1-17H,18H2,(H,33,36)(H,34,37)(H,35,38)/b32-17-. The van der Waals surface area contributed by atoms with Crippen LogP contribution < -0.4 is 20.8 Å². The number of halogens is 2. The maximum Gasteiger partial charge on any atom is 0.329 e. The summed E-state index contributed by atoms with van der Waals surface area (Å²) in [6.45, 7) is 0.349. The average Bonchev–Trinajstić information content (AvgIpc) is 2.94. The van der Waals surface area contributed by atoms with Crippen molar-refractivity contribution >= 4 is 67.2 Å². The van der Waals surface area contributed by atoms with Gasteiger partial charge in [0.1, 0.15) is 12.4 Å². The molecule has 4 aromatic carbocycles. The van der Waals surface area contributed by atoms with Crippen molar-refractivity contribution in [2.45, 2.75) is 6.61 Å². The third-order valence-electron chi connectivity index (χ3n) is 5.32. The molecule has 0 unspecified atom stereocenters. The van der Waals surface area contributed by atoms with Gasteiger partial charge in [-0.2, -0.15) is 5.10 Å². The van der Waals surface area contributed by atoms with E-state index in [1.54, 1.807) is 60.7 Å². The zero-order valence-corrected chi connectivity index (χ0v) is 23.5. The van der Waals surface area contributed by atoms with Crippen molar-refractivity contribution in [1.29, 1.82) is 0 Å². The highest BCUT2D eigenvalue weighted by Crippen LogP contribution is 2.20. The molecule has 4 aromatic rings. The molecule has 0 aliphatic rings. The number of hydrazone groups is 1. The van der Waals surface area contributed by atoms with Crippen LogP contribution in [0.2, 0.25) is 0 Å². The fourth-order valence-electron chi connectivity index (χ4n) is 3.37. The number of amides is 3. The second-order valence-electron chi connectivity index (χ2n) is 8.11. The van der Waals surface area contributed by atoms with Gasteiger partial charge in [-0.15, -0.1) is 0 Å². The van der Waals surface area contributed by atoms with Crippen LogP contribution in [0.4, 0.5) is 11.4 Å². The van der Waals surface area contributed by atoms with Crippen molar-refractivity contribution in [2.24, 2.45) is 5.10 Å². The van der Waals surface area contributed by atoms with Gasteiger partial charge < -0.3 is 15.4 Å². The molecule has 0 bridgehead atoms. The third kappa shape index (κ3) is 8.10. The molecule has 196 valence electrons. The van der Waals surface area contributed by atoms with E-state index in [4.69, 9.17) is 4.74 Å². The van der Waals surface area contributed by atoms with Crippen molar-refractivity contribution in [2.75, 3.05) is 10.6 Å². The van der Waals surface area contributed by atoms with E-state index in [9.17, 15) is 14.4 Å². The second-order valence-corrected chi connectivity index (χ2v) is 9.94. The maximum absolute atomic E-state index is 12.8. The molecule has 4 rings (SSSR count). The summed E-state index contributed by atoms with van der Waals surface area (Å²) in [6.07, 6.45) is 1.39. The number of carbonyl (C=O) groups is 3. The van der Waals surface area contributed by atoms with Crippen LogP contribution in [0.1, 0.15) is 21.5 Å². The first kappa shape index (κ1) is 27.7. The van der Waals surface area contributed by atoms with Crippen molar-refractivity contribution in [3.8, 4) is 5.75 Å². The predicted molar refractivity (Wildman–Crippen MR) is 158 cm³/mol. The van der Waals surface area contributed by atoms with E-state index < -0.39 is 17.7 Å². The Morgan fingerprint density at radius 1 is 0.744 bits per heavy atom. The van der Waals surface area contributed by atoms with Crippen LogP contribution in [0.3, 0.4) is 0 Å². The molecule has 3 N–H and O–H groups in total. The Hall–Kier alpha value is -4.28.